The number of aliphatic hydroxyl groups excluding tert-OH is 1. The van der Waals surface area contributed by atoms with Gasteiger partial charge in [-0.05, 0) is 37.8 Å². The minimum atomic E-state index is -0.295. The first kappa shape index (κ1) is 18.1. The summed E-state index contributed by atoms with van der Waals surface area (Å²) in [6.07, 6.45) is 2.61. The number of hydrogen-bond donors (Lipinski definition) is 1. The number of piperidine rings is 2. The fourth-order valence-electron chi connectivity index (χ4n) is 3.79. The van der Waals surface area contributed by atoms with Crippen LogP contribution < -0.4 is 0 Å². The van der Waals surface area contributed by atoms with Crippen molar-refractivity contribution in [3.8, 4) is 0 Å². The second-order valence-electron chi connectivity index (χ2n) is 7.25. The lowest BCUT2D eigenvalue weighted by atomic mass is 9.95. The van der Waals surface area contributed by atoms with Gasteiger partial charge in [-0.25, -0.2) is 0 Å². The van der Waals surface area contributed by atoms with Gasteiger partial charge in [-0.1, -0.05) is 13.8 Å². The van der Waals surface area contributed by atoms with Crippen LogP contribution in [0.15, 0.2) is 0 Å². The summed E-state index contributed by atoms with van der Waals surface area (Å²) in [5.41, 5.74) is 0. The molecule has 2 heterocycles. The third-order valence-corrected chi connectivity index (χ3v) is 5.49. The van der Waals surface area contributed by atoms with E-state index >= 15 is 0 Å². The first-order valence-electron chi connectivity index (χ1n) is 8.71. The predicted octanol–water partition coefficient (Wildman–Crippen LogP) is 1.06. The molecule has 2 aliphatic heterocycles. The molecule has 0 aromatic rings. The third-order valence-electron chi connectivity index (χ3n) is 5.49. The molecule has 2 aliphatic rings. The quantitative estimate of drug-likeness (QED) is 0.794. The van der Waals surface area contributed by atoms with Crippen LogP contribution in [0.25, 0.3) is 0 Å². The molecule has 2 rings (SSSR count). The Morgan fingerprint density at radius 3 is 1.68 bits per heavy atom. The number of methoxy groups -OCH3 is 2. The van der Waals surface area contributed by atoms with Gasteiger partial charge in [-0.2, -0.15) is 0 Å². The number of likely N-dealkylation sites (tertiary alicyclic amines) is 2. The fourth-order valence-corrected chi connectivity index (χ4v) is 3.79. The van der Waals surface area contributed by atoms with Crippen LogP contribution in [0, 0.1) is 11.8 Å². The Morgan fingerprint density at radius 2 is 1.32 bits per heavy atom. The minimum absolute atomic E-state index is 0.295. The van der Waals surface area contributed by atoms with Crippen LogP contribution in [0.5, 0.6) is 0 Å². The van der Waals surface area contributed by atoms with Crippen LogP contribution in [0.4, 0.5) is 0 Å². The highest BCUT2D eigenvalue weighted by molar-refractivity contribution is 4.83. The molecule has 130 valence electrons. The number of rotatable bonds is 6. The topological polar surface area (TPSA) is 45.2 Å². The zero-order chi connectivity index (χ0) is 16.1. The molecule has 0 aromatic heterocycles. The van der Waals surface area contributed by atoms with Crippen LogP contribution >= 0.6 is 0 Å². The molecule has 0 aromatic carbocycles. The summed E-state index contributed by atoms with van der Waals surface area (Å²) >= 11 is 0. The van der Waals surface area contributed by atoms with Gasteiger partial charge in [0, 0.05) is 40.4 Å². The van der Waals surface area contributed by atoms with E-state index in [1.807, 2.05) is 0 Å². The molecule has 1 N–H and O–H groups in total. The lowest BCUT2D eigenvalue weighted by molar-refractivity contribution is -0.0362. The van der Waals surface area contributed by atoms with E-state index in [9.17, 15) is 5.11 Å². The molecular weight excluding hydrogens is 280 g/mol. The summed E-state index contributed by atoms with van der Waals surface area (Å²) in [6.45, 7) is 10.0. The van der Waals surface area contributed by atoms with E-state index < -0.39 is 0 Å². The van der Waals surface area contributed by atoms with E-state index in [1.165, 1.54) is 0 Å². The average Bonchev–Trinajstić information content (AvgIpc) is 2.51. The number of aliphatic hydroxyl groups is 1. The SMILES string of the molecule is CO[C@@H]1CN(CC(O)CN2CC[C@H](C)[C@H](OC)C2)CC[C@@H]1C. The van der Waals surface area contributed by atoms with Gasteiger partial charge in [-0.15, -0.1) is 0 Å². The monoisotopic (exact) mass is 314 g/mol. The maximum Gasteiger partial charge on any atom is 0.0793 e. The summed E-state index contributed by atoms with van der Waals surface area (Å²) in [7, 11) is 3.59. The molecule has 2 fully saturated rings. The molecule has 0 radical (unpaired) electrons. The zero-order valence-corrected chi connectivity index (χ0v) is 14.7. The number of hydrogen-bond acceptors (Lipinski definition) is 5. The Kier molecular flexibility index (Phi) is 7.09. The van der Waals surface area contributed by atoms with Crippen LogP contribution in [0.2, 0.25) is 0 Å². The Balaban J connectivity index is 1.74. The summed E-state index contributed by atoms with van der Waals surface area (Å²) in [5.74, 6) is 1.23. The first-order valence-corrected chi connectivity index (χ1v) is 8.71. The van der Waals surface area contributed by atoms with Crippen LogP contribution in [0.3, 0.4) is 0 Å². The lowest BCUT2D eigenvalue weighted by Crippen LogP contribution is -2.51. The molecule has 0 spiro atoms. The first-order chi connectivity index (χ1) is 10.5. The van der Waals surface area contributed by atoms with E-state index in [-0.39, 0.29) is 6.10 Å². The number of nitrogens with zero attached hydrogens (tertiary/aromatic N) is 2. The smallest absolute Gasteiger partial charge is 0.0793 e. The molecule has 5 nitrogen and oxygen atoms in total. The normalized spacial score (nSPS) is 35.2. The summed E-state index contributed by atoms with van der Waals surface area (Å²) in [6, 6.07) is 0. The predicted molar refractivity (Wildman–Crippen MR) is 88.0 cm³/mol. The van der Waals surface area contributed by atoms with E-state index in [1.54, 1.807) is 14.2 Å². The Bertz CT molecular complexity index is 299. The van der Waals surface area contributed by atoms with Crippen molar-refractivity contribution >= 4 is 0 Å². The van der Waals surface area contributed by atoms with E-state index in [2.05, 4.69) is 23.6 Å². The van der Waals surface area contributed by atoms with Crippen molar-refractivity contribution in [2.24, 2.45) is 11.8 Å². The summed E-state index contributed by atoms with van der Waals surface area (Å²) < 4.78 is 11.1. The number of β-amino-alcohol motifs (C(OH)–C–C–N with tert-alkyl or cyclic N) is 1. The van der Waals surface area contributed by atoms with Crippen LogP contribution in [0.1, 0.15) is 26.7 Å². The zero-order valence-electron chi connectivity index (χ0n) is 14.7. The second-order valence-corrected chi connectivity index (χ2v) is 7.25. The molecule has 0 aliphatic carbocycles. The Hall–Kier alpha value is -0.200. The average molecular weight is 314 g/mol. The maximum atomic E-state index is 10.4. The molecule has 0 bridgehead atoms. The largest absolute Gasteiger partial charge is 0.390 e. The molecule has 4 atom stereocenters. The van der Waals surface area contributed by atoms with Crippen molar-refractivity contribution in [2.45, 2.75) is 45.0 Å². The highest BCUT2D eigenvalue weighted by atomic mass is 16.5. The van der Waals surface area contributed by atoms with Crippen molar-refractivity contribution < 1.29 is 14.6 Å². The number of ether oxygens (including phenoxy) is 2. The van der Waals surface area contributed by atoms with Crippen molar-refractivity contribution in [1.82, 2.24) is 9.80 Å². The standard InChI is InChI=1S/C17H34N2O3/c1-13-5-7-18(11-16(13)21-3)9-15(20)10-19-8-6-14(2)17(12-19)22-4/h13-17,20H,5-12H2,1-4H3/t13-,14-,16+,17+/m0/s1. The van der Waals surface area contributed by atoms with Gasteiger partial charge in [0.15, 0.2) is 0 Å². The van der Waals surface area contributed by atoms with Gasteiger partial charge < -0.3 is 14.6 Å². The van der Waals surface area contributed by atoms with Gasteiger partial charge in [0.05, 0.1) is 18.3 Å². The third kappa shape index (κ3) is 4.90. The molecule has 0 unspecified atom stereocenters. The molecule has 0 amide bonds. The van der Waals surface area contributed by atoms with Crippen molar-refractivity contribution in [3.05, 3.63) is 0 Å². The van der Waals surface area contributed by atoms with Gasteiger partial charge in [-0.3, -0.25) is 9.80 Å². The Morgan fingerprint density at radius 1 is 0.909 bits per heavy atom. The van der Waals surface area contributed by atoms with Crippen LogP contribution in [-0.2, 0) is 9.47 Å². The summed E-state index contributed by atoms with van der Waals surface area (Å²) in [4.78, 5) is 4.69. The molecule has 0 saturated carbocycles. The van der Waals surface area contributed by atoms with Crippen LogP contribution in [-0.4, -0.2) is 86.7 Å². The van der Waals surface area contributed by atoms with Crippen molar-refractivity contribution in [1.29, 1.82) is 0 Å². The fraction of sp³-hybridized carbons (Fsp3) is 1.00. The summed E-state index contributed by atoms with van der Waals surface area (Å²) in [5, 5.41) is 10.4. The Labute approximate surface area is 135 Å². The van der Waals surface area contributed by atoms with Crippen molar-refractivity contribution in [3.63, 3.8) is 0 Å². The molecular formula is C17H34N2O3. The van der Waals surface area contributed by atoms with Gasteiger partial charge in [0.2, 0.25) is 0 Å². The van der Waals surface area contributed by atoms with Crippen molar-refractivity contribution in [2.75, 3.05) is 53.5 Å². The molecule has 2 saturated heterocycles. The van der Waals surface area contributed by atoms with E-state index in [0.717, 1.165) is 52.1 Å². The second kappa shape index (κ2) is 8.60. The van der Waals surface area contributed by atoms with E-state index in [4.69, 9.17) is 9.47 Å². The molecule has 22 heavy (non-hydrogen) atoms. The van der Waals surface area contributed by atoms with Gasteiger partial charge in [0.1, 0.15) is 0 Å². The van der Waals surface area contributed by atoms with Gasteiger partial charge in [0.25, 0.3) is 0 Å². The maximum absolute atomic E-state index is 10.4. The van der Waals surface area contributed by atoms with Gasteiger partial charge >= 0.3 is 0 Å². The highest BCUT2D eigenvalue weighted by Gasteiger charge is 2.29. The minimum Gasteiger partial charge on any atom is -0.390 e. The van der Waals surface area contributed by atoms with E-state index in [0.29, 0.717) is 24.0 Å². The molecule has 5 heteroatoms. The highest BCUT2D eigenvalue weighted by Crippen LogP contribution is 2.21. The lowest BCUT2D eigenvalue weighted by Gasteiger charge is -2.39.